The van der Waals surface area contributed by atoms with Crippen molar-refractivity contribution in [1.82, 2.24) is 5.32 Å². The summed E-state index contributed by atoms with van der Waals surface area (Å²) < 4.78 is 13.0. The van der Waals surface area contributed by atoms with Crippen LogP contribution in [0, 0.1) is 11.7 Å². The first-order valence-corrected chi connectivity index (χ1v) is 6.27. The molecule has 1 rings (SSSR count). The third-order valence-corrected chi connectivity index (χ3v) is 2.85. The second-order valence-electron chi connectivity index (χ2n) is 4.66. The van der Waals surface area contributed by atoms with Gasteiger partial charge in [-0.25, -0.2) is 4.39 Å². The Morgan fingerprint density at radius 2 is 2.17 bits per heavy atom. The number of rotatable bonds is 5. The largest absolute Gasteiger partial charge is 0.348 e. The van der Waals surface area contributed by atoms with Crippen molar-refractivity contribution in [1.29, 1.82) is 0 Å². The lowest BCUT2D eigenvalue weighted by Crippen LogP contribution is -2.41. The average Bonchev–Trinajstić information content (AvgIpc) is 2.31. The minimum absolute atomic E-state index is 0.0594. The molecule has 3 nitrogen and oxygen atoms in total. The highest BCUT2D eigenvalue weighted by molar-refractivity contribution is 6.31. The summed E-state index contributed by atoms with van der Waals surface area (Å²) in [5.41, 5.74) is 5.94. The Kier molecular flexibility index (Phi) is 5.56. The number of nitrogens with one attached hydrogen (secondary N) is 1. The second kappa shape index (κ2) is 6.71. The number of carbonyl (C=O) groups excluding carboxylic acids is 1. The smallest absolute Gasteiger partial charge is 0.251 e. The molecule has 100 valence electrons. The van der Waals surface area contributed by atoms with Gasteiger partial charge in [0.05, 0.1) is 5.02 Å². The van der Waals surface area contributed by atoms with Gasteiger partial charge in [0, 0.05) is 18.2 Å². The lowest BCUT2D eigenvalue weighted by atomic mass is 10.0. The van der Waals surface area contributed by atoms with Gasteiger partial charge in [-0.3, -0.25) is 4.79 Å². The Bertz CT molecular complexity index is 423. The monoisotopic (exact) mass is 272 g/mol. The van der Waals surface area contributed by atoms with Crippen molar-refractivity contribution in [2.24, 2.45) is 11.7 Å². The topological polar surface area (TPSA) is 55.1 Å². The number of nitrogens with two attached hydrogens (primary N) is 1. The van der Waals surface area contributed by atoms with Gasteiger partial charge in [0.15, 0.2) is 0 Å². The second-order valence-corrected chi connectivity index (χ2v) is 5.07. The Labute approximate surface area is 112 Å². The molecule has 3 N–H and O–H groups in total. The fraction of sp³-hybridized carbons (Fsp3) is 0.462. The summed E-state index contributed by atoms with van der Waals surface area (Å²) in [7, 11) is 0. The van der Waals surface area contributed by atoms with Crippen molar-refractivity contribution < 1.29 is 9.18 Å². The van der Waals surface area contributed by atoms with Gasteiger partial charge in [-0.2, -0.15) is 0 Å². The number of amides is 1. The van der Waals surface area contributed by atoms with Crippen LogP contribution in [-0.2, 0) is 0 Å². The number of benzene rings is 1. The molecule has 1 aromatic rings. The molecule has 0 aliphatic rings. The summed E-state index contributed by atoms with van der Waals surface area (Å²) in [5.74, 6) is -0.380. The highest BCUT2D eigenvalue weighted by Crippen LogP contribution is 2.16. The molecule has 0 heterocycles. The lowest BCUT2D eigenvalue weighted by Gasteiger charge is -2.18. The Balaban J connectivity index is 2.71. The first-order chi connectivity index (χ1) is 8.43. The molecular formula is C13H18ClFN2O. The zero-order valence-electron chi connectivity index (χ0n) is 10.5. The van der Waals surface area contributed by atoms with E-state index in [1.165, 1.54) is 18.2 Å². The molecule has 1 atom stereocenters. The maximum Gasteiger partial charge on any atom is 0.251 e. The van der Waals surface area contributed by atoms with Crippen molar-refractivity contribution in [2.75, 3.05) is 6.54 Å². The first kappa shape index (κ1) is 14.9. The zero-order chi connectivity index (χ0) is 13.7. The van der Waals surface area contributed by atoms with Crippen LogP contribution in [0.2, 0.25) is 5.02 Å². The molecule has 0 aliphatic heterocycles. The normalized spacial score (nSPS) is 12.6. The summed E-state index contributed by atoms with van der Waals surface area (Å²) in [4.78, 5) is 11.9. The average molecular weight is 273 g/mol. The van der Waals surface area contributed by atoms with E-state index in [1.807, 2.05) is 0 Å². The molecule has 0 spiro atoms. The molecule has 0 fully saturated rings. The van der Waals surface area contributed by atoms with Gasteiger partial charge in [-0.05, 0) is 30.5 Å². The molecule has 1 aromatic carbocycles. The van der Waals surface area contributed by atoms with Gasteiger partial charge < -0.3 is 11.1 Å². The van der Waals surface area contributed by atoms with Gasteiger partial charge in [-0.1, -0.05) is 25.4 Å². The summed E-state index contributed by atoms with van der Waals surface area (Å²) in [6, 6.07) is 3.81. The summed E-state index contributed by atoms with van der Waals surface area (Å²) in [6.07, 6.45) is 0.803. The maximum atomic E-state index is 13.0. The van der Waals surface area contributed by atoms with Crippen molar-refractivity contribution in [3.05, 3.63) is 34.6 Å². The molecule has 18 heavy (non-hydrogen) atoms. The van der Waals surface area contributed by atoms with Crippen LogP contribution in [0.25, 0.3) is 0 Å². The molecule has 5 heteroatoms. The first-order valence-electron chi connectivity index (χ1n) is 5.90. The quantitative estimate of drug-likeness (QED) is 0.866. The summed E-state index contributed by atoms with van der Waals surface area (Å²) >= 11 is 5.63. The molecule has 0 saturated heterocycles. The van der Waals surface area contributed by atoms with Crippen LogP contribution in [0.15, 0.2) is 18.2 Å². The van der Waals surface area contributed by atoms with E-state index < -0.39 is 5.82 Å². The molecule has 1 unspecified atom stereocenters. The SMILES string of the molecule is CC(C)CC(CN)NC(=O)c1ccc(F)c(Cl)c1. The molecule has 0 bridgehead atoms. The Morgan fingerprint density at radius 3 is 2.67 bits per heavy atom. The number of hydrogen-bond donors (Lipinski definition) is 2. The van der Waals surface area contributed by atoms with Crippen LogP contribution in [0.5, 0.6) is 0 Å². The van der Waals surface area contributed by atoms with E-state index in [-0.39, 0.29) is 17.0 Å². The molecular weight excluding hydrogens is 255 g/mol. The van der Waals surface area contributed by atoms with Gasteiger partial charge in [0.2, 0.25) is 0 Å². The van der Waals surface area contributed by atoms with Crippen LogP contribution < -0.4 is 11.1 Å². The van der Waals surface area contributed by atoms with E-state index in [0.29, 0.717) is 18.0 Å². The van der Waals surface area contributed by atoms with Crippen LogP contribution in [-0.4, -0.2) is 18.5 Å². The van der Waals surface area contributed by atoms with Crippen molar-refractivity contribution >= 4 is 17.5 Å². The van der Waals surface area contributed by atoms with Crippen molar-refractivity contribution in [2.45, 2.75) is 26.3 Å². The predicted molar refractivity (Wildman–Crippen MR) is 71.2 cm³/mol. The van der Waals surface area contributed by atoms with E-state index in [0.717, 1.165) is 6.42 Å². The molecule has 0 radical (unpaired) electrons. The van der Waals surface area contributed by atoms with Crippen LogP contribution in [0.3, 0.4) is 0 Å². The van der Waals surface area contributed by atoms with Crippen LogP contribution in [0.1, 0.15) is 30.6 Å². The minimum Gasteiger partial charge on any atom is -0.348 e. The van der Waals surface area contributed by atoms with E-state index in [1.54, 1.807) is 0 Å². The Morgan fingerprint density at radius 1 is 1.50 bits per heavy atom. The summed E-state index contributed by atoms with van der Waals surface area (Å²) in [6.45, 7) is 4.49. The van der Waals surface area contributed by atoms with Crippen molar-refractivity contribution in [3.63, 3.8) is 0 Å². The molecule has 0 aliphatic carbocycles. The Hall–Kier alpha value is -1.13. The van der Waals surface area contributed by atoms with E-state index in [9.17, 15) is 9.18 Å². The maximum absolute atomic E-state index is 13.0. The molecule has 0 saturated carbocycles. The standard InChI is InChI=1S/C13H18ClFN2O/c1-8(2)5-10(7-16)17-13(18)9-3-4-12(15)11(14)6-9/h3-4,6,8,10H,5,7,16H2,1-2H3,(H,17,18). The molecule has 0 aromatic heterocycles. The third kappa shape index (κ3) is 4.27. The highest BCUT2D eigenvalue weighted by Gasteiger charge is 2.14. The lowest BCUT2D eigenvalue weighted by molar-refractivity contribution is 0.0933. The van der Waals surface area contributed by atoms with Crippen LogP contribution >= 0.6 is 11.6 Å². The minimum atomic E-state index is -0.536. The highest BCUT2D eigenvalue weighted by atomic mass is 35.5. The van der Waals surface area contributed by atoms with E-state index >= 15 is 0 Å². The van der Waals surface area contributed by atoms with Gasteiger partial charge in [0.25, 0.3) is 5.91 Å². The number of carbonyl (C=O) groups is 1. The number of hydrogen-bond acceptors (Lipinski definition) is 2. The van der Waals surface area contributed by atoms with Gasteiger partial charge >= 0.3 is 0 Å². The fourth-order valence-electron chi connectivity index (χ4n) is 1.69. The third-order valence-electron chi connectivity index (χ3n) is 2.56. The number of halogens is 2. The van der Waals surface area contributed by atoms with Gasteiger partial charge in [0.1, 0.15) is 5.82 Å². The summed E-state index contributed by atoms with van der Waals surface area (Å²) in [5, 5.41) is 2.76. The van der Waals surface area contributed by atoms with Gasteiger partial charge in [-0.15, -0.1) is 0 Å². The zero-order valence-corrected chi connectivity index (χ0v) is 11.3. The van der Waals surface area contributed by atoms with Crippen molar-refractivity contribution in [3.8, 4) is 0 Å². The van der Waals surface area contributed by atoms with Crippen LogP contribution in [0.4, 0.5) is 4.39 Å². The predicted octanol–water partition coefficient (Wildman–Crippen LogP) is 2.58. The fourth-order valence-corrected chi connectivity index (χ4v) is 1.87. The van der Waals surface area contributed by atoms with E-state index in [4.69, 9.17) is 17.3 Å². The van der Waals surface area contributed by atoms with E-state index in [2.05, 4.69) is 19.2 Å². The molecule has 1 amide bonds.